The number of carbonyl (C=O) groups excluding carboxylic acids is 2. The van der Waals surface area contributed by atoms with Crippen molar-refractivity contribution in [2.75, 3.05) is 13.2 Å². The number of fused-ring (bicyclic) bond motifs is 1. The first-order chi connectivity index (χ1) is 14.0. The number of nitrogens with one attached hydrogen (secondary N) is 1. The van der Waals surface area contributed by atoms with E-state index in [0.29, 0.717) is 18.5 Å². The number of nitrogens with two attached hydrogens (primary N) is 1. The zero-order valence-electron chi connectivity index (χ0n) is 16.2. The lowest BCUT2D eigenvalue weighted by Gasteiger charge is -2.36. The number of rotatable bonds is 7. The van der Waals surface area contributed by atoms with Gasteiger partial charge in [0.2, 0.25) is 11.8 Å². The molecular formula is C22H26FN3O3. The summed E-state index contributed by atoms with van der Waals surface area (Å²) in [7, 11) is 0. The summed E-state index contributed by atoms with van der Waals surface area (Å²) in [5, 5.41) is 11.6. The van der Waals surface area contributed by atoms with Crippen LogP contribution in [0.25, 0.3) is 0 Å². The minimum absolute atomic E-state index is 0.0142. The predicted molar refractivity (Wildman–Crippen MR) is 107 cm³/mol. The van der Waals surface area contributed by atoms with E-state index in [1.807, 2.05) is 24.3 Å². The summed E-state index contributed by atoms with van der Waals surface area (Å²) < 4.78 is 13.9. The molecule has 3 rings (SSSR count). The van der Waals surface area contributed by atoms with Crippen LogP contribution in [0.3, 0.4) is 0 Å². The van der Waals surface area contributed by atoms with E-state index < -0.39 is 12.1 Å². The van der Waals surface area contributed by atoms with E-state index in [-0.39, 0.29) is 43.6 Å². The summed E-state index contributed by atoms with van der Waals surface area (Å²) in [5.74, 6) is -0.888. The van der Waals surface area contributed by atoms with Gasteiger partial charge in [-0.05, 0) is 29.2 Å². The molecule has 29 heavy (non-hydrogen) atoms. The molecule has 0 bridgehead atoms. The first kappa shape index (κ1) is 21.0. The Morgan fingerprint density at radius 3 is 2.59 bits per heavy atom. The third-order valence-electron chi connectivity index (χ3n) is 5.16. The van der Waals surface area contributed by atoms with Crippen LogP contribution in [0, 0.1) is 5.82 Å². The number of nitrogens with zero attached hydrogens (tertiary/aromatic N) is 1. The van der Waals surface area contributed by atoms with Crippen LogP contribution in [0.1, 0.15) is 23.1 Å². The molecule has 0 aliphatic carbocycles. The van der Waals surface area contributed by atoms with Gasteiger partial charge in [-0.15, -0.1) is 0 Å². The number of benzene rings is 2. The van der Waals surface area contributed by atoms with E-state index in [2.05, 4.69) is 5.32 Å². The molecule has 0 fully saturated rings. The zero-order chi connectivity index (χ0) is 20.8. The highest BCUT2D eigenvalue weighted by molar-refractivity contribution is 5.88. The highest BCUT2D eigenvalue weighted by Crippen LogP contribution is 2.24. The van der Waals surface area contributed by atoms with Crippen LogP contribution in [0.2, 0.25) is 0 Å². The van der Waals surface area contributed by atoms with Crippen LogP contribution in [-0.4, -0.2) is 47.1 Å². The van der Waals surface area contributed by atoms with Gasteiger partial charge in [0.05, 0.1) is 6.61 Å². The van der Waals surface area contributed by atoms with E-state index in [1.165, 1.54) is 11.0 Å². The number of amides is 2. The molecule has 1 aliphatic heterocycles. The lowest BCUT2D eigenvalue weighted by atomic mass is 9.92. The summed E-state index contributed by atoms with van der Waals surface area (Å²) >= 11 is 0. The molecule has 2 aromatic rings. The minimum Gasteiger partial charge on any atom is -0.395 e. The highest BCUT2D eigenvalue weighted by atomic mass is 19.1. The Labute approximate surface area is 169 Å². The van der Waals surface area contributed by atoms with Crippen LogP contribution in [-0.2, 0) is 29.0 Å². The van der Waals surface area contributed by atoms with Gasteiger partial charge in [0, 0.05) is 32.0 Å². The molecule has 0 saturated heterocycles. The number of halogens is 1. The quantitative estimate of drug-likeness (QED) is 0.651. The van der Waals surface area contributed by atoms with Crippen molar-refractivity contribution in [1.29, 1.82) is 0 Å². The lowest BCUT2D eigenvalue weighted by Crippen LogP contribution is -2.53. The van der Waals surface area contributed by atoms with E-state index in [4.69, 9.17) is 10.8 Å². The number of hydrogen-bond donors (Lipinski definition) is 3. The molecule has 0 spiro atoms. The first-order valence-electron chi connectivity index (χ1n) is 9.73. The van der Waals surface area contributed by atoms with Crippen LogP contribution >= 0.6 is 0 Å². The average molecular weight is 399 g/mol. The normalized spacial score (nSPS) is 16.8. The molecule has 7 heteroatoms. The third-order valence-corrected chi connectivity index (χ3v) is 5.16. The molecule has 1 aliphatic rings. The zero-order valence-corrected chi connectivity index (χ0v) is 16.2. The van der Waals surface area contributed by atoms with Crippen molar-refractivity contribution in [3.63, 3.8) is 0 Å². The van der Waals surface area contributed by atoms with Crippen molar-refractivity contribution in [3.8, 4) is 0 Å². The topological polar surface area (TPSA) is 95.7 Å². The summed E-state index contributed by atoms with van der Waals surface area (Å²) in [4.78, 5) is 27.1. The molecule has 2 atom stereocenters. The van der Waals surface area contributed by atoms with Gasteiger partial charge in [-0.25, -0.2) is 4.39 Å². The van der Waals surface area contributed by atoms with E-state index in [9.17, 15) is 14.0 Å². The van der Waals surface area contributed by atoms with Gasteiger partial charge in [-0.1, -0.05) is 42.5 Å². The van der Waals surface area contributed by atoms with Crippen molar-refractivity contribution >= 4 is 11.8 Å². The summed E-state index contributed by atoms with van der Waals surface area (Å²) in [5.41, 5.74) is 8.62. The van der Waals surface area contributed by atoms with Gasteiger partial charge in [0.1, 0.15) is 11.9 Å². The van der Waals surface area contributed by atoms with Gasteiger partial charge in [0.15, 0.2) is 0 Å². The van der Waals surface area contributed by atoms with Crippen molar-refractivity contribution in [1.82, 2.24) is 10.2 Å². The maximum atomic E-state index is 13.9. The van der Waals surface area contributed by atoms with Crippen LogP contribution in [0.15, 0.2) is 48.5 Å². The van der Waals surface area contributed by atoms with Gasteiger partial charge in [-0.2, -0.15) is 0 Å². The SMILES string of the molecule is N[C@@H](CC(=O)N1Cc2ccccc2C[C@H]1C(=O)NCCO)Cc1ccccc1F. The Morgan fingerprint density at radius 1 is 1.17 bits per heavy atom. The molecule has 154 valence electrons. The molecule has 0 aromatic heterocycles. The molecular weight excluding hydrogens is 373 g/mol. The lowest BCUT2D eigenvalue weighted by molar-refractivity contribution is -0.142. The summed E-state index contributed by atoms with van der Waals surface area (Å²) in [6.45, 7) is 0.279. The van der Waals surface area contributed by atoms with Crippen LogP contribution in [0.4, 0.5) is 4.39 Å². The Hall–Kier alpha value is -2.77. The largest absolute Gasteiger partial charge is 0.395 e. The van der Waals surface area contributed by atoms with Crippen molar-refractivity contribution in [3.05, 3.63) is 71.0 Å². The molecule has 1 heterocycles. The van der Waals surface area contributed by atoms with Crippen molar-refractivity contribution in [2.45, 2.75) is 37.9 Å². The number of aliphatic hydroxyl groups is 1. The fraction of sp³-hybridized carbons (Fsp3) is 0.364. The fourth-order valence-corrected chi connectivity index (χ4v) is 3.68. The Kier molecular flexibility index (Phi) is 6.95. The Balaban J connectivity index is 1.73. The second kappa shape index (κ2) is 9.62. The molecule has 2 aromatic carbocycles. The van der Waals surface area contributed by atoms with E-state index in [0.717, 1.165) is 11.1 Å². The maximum absolute atomic E-state index is 13.9. The number of aliphatic hydroxyl groups excluding tert-OH is 1. The molecule has 0 radical (unpaired) electrons. The second-order valence-corrected chi connectivity index (χ2v) is 7.28. The van der Waals surface area contributed by atoms with Gasteiger partial charge in [-0.3, -0.25) is 9.59 Å². The molecule has 4 N–H and O–H groups in total. The van der Waals surface area contributed by atoms with Crippen LogP contribution in [0.5, 0.6) is 0 Å². The standard InChI is InChI=1S/C22H26FN3O3/c23-19-8-4-3-6-16(19)11-18(24)13-21(28)26-14-17-7-2-1-5-15(17)12-20(26)22(29)25-9-10-27/h1-8,18,20,27H,9-14,24H2,(H,25,29)/t18-,20+/m1/s1. The van der Waals surface area contributed by atoms with Crippen LogP contribution < -0.4 is 11.1 Å². The highest BCUT2D eigenvalue weighted by Gasteiger charge is 2.34. The smallest absolute Gasteiger partial charge is 0.243 e. The molecule has 6 nitrogen and oxygen atoms in total. The Bertz CT molecular complexity index is 874. The number of hydrogen-bond acceptors (Lipinski definition) is 4. The van der Waals surface area contributed by atoms with E-state index >= 15 is 0 Å². The third kappa shape index (κ3) is 5.19. The fourth-order valence-electron chi connectivity index (χ4n) is 3.68. The number of carbonyl (C=O) groups is 2. The van der Waals surface area contributed by atoms with Crippen molar-refractivity contribution < 1.29 is 19.1 Å². The molecule has 0 saturated carbocycles. The van der Waals surface area contributed by atoms with Gasteiger partial charge < -0.3 is 21.1 Å². The molecule has 2 amide bonds. The summed E-state index contributed by atoms with van der Waals surface area (Å²) in [6.07, 6.45) is 0.659. The molecule has 0 unspecified atom stereocenters. The van der Waals surface area contributed by atoms with Gasteiger partial charge >= 0.3 is 0 Å². The second-order valence-electron chi connectivity index (χ2n) is 7.28. The average Bonchev–Trinajstić information content (AvgIpc) is 2.72. The maximum Gasteiger partial charge on any atom is 0.243 e. The monoisotopic (exact) mass is 399 g/mol. The predicted octanol–water partition coefficient (Wildman–Crippen LogP) is 1.15. The van der Waals surface area contributed by atoms with E-state index in [1.54, 1.807) is 18.2 Å². The first-order valence-corrected chi connectivity index (χ1v) is 9.73. The Morgan fingerprint density at radius 2 is 1.86 bits per heavy atom. The van der Waals surface area contributed by atoms with Gasteiger partial charge in [0.25, 0.3) is 0 Å². The summed E-state index contributed by atoms with van der Waals surface area (Å²) in [6, 6.07) is 12.8. The minimum atomic E-state index is -0.662. The van der Waals surface area contributed by atoms with Crippen molar-refractivity contribution in [2.24, 2.45) is 5.73 Å².